The van der Waals surface area contributed by atoms with E-state index < -0.39 is 0 Å². The number of methoxy groups -OCH3 is 1. The number of halogens is 2. The average molecular weight is 375 g/mol. The van der Waals surface area contributed by atoms with Crippen molar-refractivity contribution in [2.24, 2.45) is 5.73 Å². The van der Waals surface area contributed by atoms with Crippen LogP contribution in [0.2, 0.25) is 0 Å². The van der Waals surface area contributed by atoms with Crippen LogP contribution in [0.3, 0.4) is 0 Å². The molecule has 0 aliphatic heterocycles. The molecule has 0 aromatic heterocycles. The Morgan fingerprint density at radius 3 is 2.60 bits per heavy atom. The maximum atomic E-state index is 5.75. The van der Waals surface area contributed by atoms with Crippen LogP contribution in [0.25, 0.3) is 0 Å². The zero-order chi connectivity index (χ0) is 13.7. The van der Waals surface area contributed by atoms with Gasteiger partial charge in [-0.3, -0.25) is 0 Å². The van der Waals surface area contributed by atoms with Crippen molar-refractivity contribution in [3.63, 3.8) is 0 Å². The number of benzene rings is 2. The van der Waals surface area contributed by atoms with Crippen LogP contribution >= 0.6 is 40.1 Å². The van der Waals surface area contributed by atoms with Gasteiger partial charge in [-0.15, -0.1) is 24.2 Å². The molecule has 0 aliphatic carbocycles. The SMILES string of the molecule is COc1ccc(Br)cc1CSc1ccccc1CN.Cl. The van der Waals surface area contributed by atoms with Gasteiger partial charge in [0.25, 0.3) is 0 Å². The van der Waals surface area contributed by atoms with E-state index in [2.05, 4.69) is 34.1 Å². The lowest BCUT2D eigenvalue weighted by molar-refractivity contribution is 0.411. The molecule has 0 amide bonds. The molecule has 0 atom stereocenters. The molecule has 0 unspecified atom stereocenters. The van der Waals surface area contributed by atoms with Crippen molar-refractivity contribution in [1.29, 1.82) is 0 Å². The van der Waals surface area contributed by atoms with Gasteiger partial charge in [-0.1, -0.05) is 34.1 Å². The van der Waals surface area contributed by atoms with E-state index in [0.29, 0.717) is 6.54 Å². The lowest BCUT2D eigenvalue weighted by atomic mass is 10.2. The molecule has 0 saturated carbocycles. The zero-order valence-electron chi connectivity index (χ0n) is 11.1. The lowest BCUT2D eigenvalue weighted by Crippen LogP contribution is -1.98. The Hall–Kier alpha value is -0.680. The highest BCUT2D eigenvalue weighted by atomic mass is 79.9. The second-order valence-electron chi connectivity index (χ2n) is 4.06. The maximum absolute atomic E-state index is 5.75. The molecule has 0 saturated heterocycles. The van der Waals surface area contributed by atoms with Crippen molar-refractivity contribution in [2.45, 2.75) is 17.2 Å². The highest BCUT2D eigenvalue weighted by Gasteiger charge is 2.06. The highest BCUT2D eigenvalue weighted by molar-refractivity contribution is 9.10. The largest absolute Gasteiger partial charge is 0.496 e. The summed E-state index contributed by atoms with van der Waals surface area (Å²) in [5.41, 5.74) is 8.11. The third kappa shape index (κ3) is 4.42. The van der Waals surface area contributed by atoms with E-state index in [1.807, 2.05) is 24.3 Å². The lowest BCUT2D eigenvalue weighted by Gasteiger charge is -2.10. The van der Waals surface area contributed by atoms with Gasteiger partial charge in [-0.05, 0) is 29.8 Å². The van der Waals surface area contributed by atoms with E-state index in [-0.39, 0.29) is 12.4 Å². The van der Waals surface area contributed by atoms with Gasteiger partial charge in [0, 0.05) is 27.2 Å². The van der Waals surface area contributed by atoms with Crippen LogP contribution in [-0.4, -0.2) is 7.11 Å². The first-order valence-corrected chi connectivity index (χ1v) is 7.75. The van der Waals surface area contributed by atoms with Crippen LogP contribution in [0, 0.1) is 0 Å². The van der Waals surface area contributed by atoms with E-state index in [4.69, 9.17) is 10.5 Å². The fraction of sp³-hybridized carbons (Fsp3) is 0.200. The summed E-state index contributed by atoms with van der Waals surface area (Å²) in [6.45, 7) is 0.568. The summed E-state index contributed by atoms with van der Waals surface area (Å²) >= 11 is 5.28. The predicted molar refractivity (Wildman–Crippen MR) is 91.8 cm³/mol. The van der Waals surface area contributed by atoms with Crippen LogP contribution in [0.5, 0.6) is 5.75 Å². The van der Waals surface area contributed by atoms with Crippen molar-refractivity contribution in [3.8, 4) is 5.75 Å². The zero-order valence-corrected chi connectivity index (χ0v) is 14.4. The van der Waals surface area contributed by atoms with Gasteiger partial charge in [-0.2, -0.15) is 0 Å². The first kappa shape index (κ1) is 17.4. The average Bonchev–Trinajstić information content (AvgIpc) is 2.45. The number of ether oxygens (including phenoxy) is 1. The second kappa shape index (κ2) is 8.57. The molecule has 20 heavy (non-hydrogen) atoms. The second-order valence-corrected chi connectivity index (χ2v) is 5.99. The van der Waals surface area contributed by atoms with Crippen molar-refractivity contribution in [3.05, 3.63) is 58.1 Å². The van der Waals surface area contributed by atoms with E-state index in [0.717, 1.165) is 16.0 Å². The molecule has 2 aromatic carbocycles. The topological polar surface area (TPSA) is 35.2 Å². The van der Waals surface area contributed by atoms with Crippen molar-refractivity contribution in [2.75, 3.05) is 7.11 Å². The maximum Gasteiger partial charge on any atom is 0.122 e. The third-order valence-corrected chi connectivity index (χ3v) is 4.48. The Kier molecular flexibility index (Phi) is 7.45. The van der Waals surface area contributed by atoms with Crippen molar-refractivity contribution >= 4 is 40.1 Å². The summed E-state index contributed by atoms with van der Waals surface area (Å²) in [5, 5.41) is 0. The summed E-state index contributed by atoms with van der Waals surface area (Å²) in [4.78, 5) is 1.23. The molecule has 108 valence electrons. The minimum Gasteiger partial charge on any atom is -0.496 e. The molecule has 2 rings (SSSR count). The molecule has 0 aliphatic rings. The summed E-state index contributed by atoms with van der Waals surface area (Å²) in [6.07, 6.45) is 0. The number of hydrogen-bond acceptors (Lipinski definition) is 3. The standard InChI is InChI=1S/C15H16BrNOS.ClH/c1-18-14-7-6-13(16)8-12(14)10-19-15-5-3-2-4-11(15)9-17;/h2-8H,9-10,17H2,1H3;1H. The summed E-state index contributed by atoms with van der Waals surface area (Å²) < 4.78 is 6.45. The van der Waals surface area contributed by atoms with Gasteiger partial charge in [0.15, 0.2) is 0 Å². The van der Waals surface area contributed by atoms with Gasteiger partial charge in [0.1, 0.15) is 5.75 Å². The Bertz CT molecular complexity index is 565. The first-order chi connectivity index (χ1) is 9.24. The molecule has 0 bridgehead atoms. The summed E-state index contributed by atoms with van der Waals surface area (Å²) in [5.74, 6) is 1.78. The van der Waals surface area contributed by atoms with Gasteiger partial charge in [-0.25, -0.2) is 0 Å². The molecule has 2 nitrogen and oxygen atoms in total. The van der Waals surface area contributed by atoms with E-state index in [9.17, 15) is 0 Å². The third-order valence-electron chi connectivity index (χ3n) is 2.82. The highest BCUT2D eigenvalue weighted by Crippen LogP contribution is 2.31. The molecule has 2 N–H and O–H groups in total. The molecule has 0 radical (unpaired) electrons. The van der Waals surface area contributed by atoms with Crippen LogP contribution < -0.4 is 10.5 Å². The quantitative estimate of drug-likeness (QED) is 0.775. The number of hydrogen-bond donors (Lipinski definition) is 1. The number of rotatable bonds is 5. The summed E-state index contributed by atoms with van der Waals surface area (Å²) in [7, 11) is 1.70. The molecule has 2 aromatic rings. The van der Waals surface area contributed by atoms with E-state index in [1.54, 1.807) is 18.9 Å². The van der Waals surface area contributed by atoms with E-state index >= 15 is 0 Å². The minimum absolute atomic E-state index is 0. The van der Waals surface area contributed by atoms with Crippen molar-refractivity contribution < 1.29 is 4.74 Å². The first-order valence-electron chi connectivity index (χ1n) is 5.97. The monoisotopic (exact) mass is 373 g/mol. The minimum atomic E-state index is 0. The Balaban J connectivity index is 0.00000200. The van der Waals surface area contributed by atoms with Crippen LogP contribution in [0.4, 0.5) is 0 Å². The number of nitrogens with two attached hydrogens (primary N) is 1. The van der Waals surface area contributed by atoms with Crippen LogP contribution in [-0.2, 0) is 12.3 Å². The molecular formula is C15H17BrClNOS. The molecule has 5 heteroatoms. The fourth-order valence-corrected chi connectivity index (χ4v) is 3.29. The van der Waals surface area contributed by atoms with Crippen LogP contribution in [0.1, 0.15) is 11.1 Å². The van der Waals surface area contributed by atoms with Gasteiger partial charge in [0.05, 0.1) is 7.11 Å². The van der Waals surface area contributed by atoms with Gasteiger partial charge >= 0.3 is 0 Å². The van der Waals surface area contributed by atoms with E-state index in [1.165, 1.54) is 16.0 Å². The summed E-state index contributed by atoms with van der Waals surface area (Å²) in [6, 6.07) is 14.3. The Morgan fingerprint density at radius 1 is 1.15 bits per heavy atom. The molecule has 0 spiro atoms. The van der Waals surface area contributed by atoms with Crippen molar-refractivity contribution in [1.82, 2.24) is 0 Å². The smallest absolute Gasteiger partial charge is 0.122 e. The molecule has 0 fully saturated rings. The van der Waals surface area contributed by atoms with Gasteiger partial charge < -0.3 is 10.5 Å². The van der Waals surface area contributed by atoms with Gasteiger partial charge in [0.2, 0.25) is 0 Å². The fourth-order valence-electron chi connectivity index (χ4n) is 1.83. The number of thioether (sulfide) groups is 1. The predicted octanol–water partition coefficient (Wildman–Crippen LogP) is 4.63. The Morgan fingerprint density at radius 2 is 1.90 bits per heavy atom. The molecular weight excluding hydrogens is 358 g/mol. The van der Waals surface area contributed by atoms with Crippen LogP contribution in [0.15, 0.2) is 51.8 Å². The normalized spacial score (nSPS) is 9.95. The Labute approximate surface area is 138 Å². The molecule has 0 heterocycles.